The van der Waals surface area contributed by atoms with Crippen LogP contribution in [0.25, 0.3) is 0 Å². The number of benzene rings is 1. The molecule has 0 fully saturated rings. The third-order valence-electron chi connectivity index (χ3n) is 2.29. The Bertz CT molecular complexity index is 600. The van der Waals surface area contributed by atoms with Gasteiger partial charge < -0.3 is 9.73 Å². The predicted molar refractivity (Wildman–Crippen MR) is 77.3 cm³/mol. The van der Waals surface area contributed by atoms with Crippen LogP contribution >= 0.6 is 27.7 Å². The number of halogens is 1. The predicted octanol–water partition coefficient (Wildman–Crippen LogP) is 3.18. The topological polar surface area (TPSA) is 68.0 Å². The van der Waals surface area contributed by atoms with Gasteiger partial charge in [-0.2, -0.15) is 0 Å². The Morgan fingerprint density at radius 3 is 2.84 bits per heavy atom. The standard InChI is InChI=1S/C12H12BrN3O2S/c1-7-3-4-9(5-10(7)13)14-11(17)6-19-12-16-15-8(2)18-12/h3-5H,6H2,1-2H3,(H,14,17). The first-order valence-electron chi connectivity index (χ1n) is 5.53. The van der Waals surface area contributed by atoms with Gasteiger partial charge in [0, 0.05) is 17.1 Å². The lowest BCUT2D eigenvalue weighted by molar-refractivity contribution is -0.113. The molecule has 0 saturated heterocycles. The van der Waals surface area contributed by atoms with E-state index in [-0.39, 0.29) is 11.7 Å². The van der Waals surface area contributed by atoms with Gasteiger partial charge in [0.05, 0.1) is 5.75 Å². The Kier molecular flexibility index (Phi) is 4.60. The minimum atomic E-state index is -0.114. The van der Waals surface area contributed by atoms with Gasteiger partial charge in [-0.3, -0.25) is 4.79 Å². The van der Waals surface area contributed by atoms with Crippen molar-refractivity contribution in [1.82, 2.24) is 10.2 Å². The van der Waals surface area contributed by atoms with E-state index in [2.05, 4.69) is 31.4 Å². The molecule has 0 spiro atoms. The molecule has 1 aromatic heterocycles. The van der Waals surface area contributed by atoms with Crippen molar-refractivity contribution in [1.29, 1.82) is 0 Å². The number of rotatable bonds is 4. The average Bonchev–Trinajstić information content (AvgIpc) is 2.77. The van der Waals surface area contributed by atoms with Gasteiger partial charge in [0.15, 0.2) is 0 Å². The summed E-state index contributed by atoms with van der Waals surface area (Å²) in [6, 6.07) is 5.67. The van der Waals surface area contributed by atoms with Gasteiger partial charge in [-0.05, 0) is 24.6 Å². The van der Waals surface area contributed by atoms with Crippen molar-refractivity contribution in [2.75, 3.05) is 11.1 Å². The third kappa shape index (κ3) is 4.07. The highest BCUT2D eigenvalue weighted by atomic mass is 79.9. The molecule has 0 unspecified atom stereocenters. The second kappa shape index (κ2) is 6.21. The van der Waals surface area contributed by atoms with Crippen LogP contribution in [-0.4, -0.2) is 21.9 Å². The van der Waals surface area contributed by atoms with Crippen molar-refractivity contribution < 1.29 is 9.21 Å². The van der Waals surface area contributed by atoms with E-state index in [9.17, 15) is 4.79 Å². The summed E-state index contributed by atoms with van der Waals surface area (Å²) in [5, 5.41) is 10.7. The maximum absolute atomic E-state index is 11.8. The molecule has 0 aliphatic carbocycles. The van der Waals surface area contributed by atoms with Crippen LogP contribution in [0.4, 0.5) is 5.69 Å². The highest BCUT2D eigenvalue weighted by molar-refractivity contribution is 9.10. The molecule has 0 atom stereocenters. The van der Waals surface area contributed by atoms with E-state index in [1.807, 2.05) is 25.1 Å². The molecule has 1 aromatic carbocycles. The summed E-state index contributed by atoms with van der Waals surface area (Å²) in [6.07, 6.45) is 0. The molecule has 0 bridgehead atoms. The number of hydrogen-bond acceptors (Lipinski definition) is 5. The van der Waals surface area contributed by atoms with E-state index in [1.165, 1.54) is 11.8 Å². The fourth-order valence-corrected chi connectivity index (χ4v) is 2.32. The summed E-state index contributed by atoms with van der Waals surface area (Å²) in [5.74, 6) is 0.606. The Labute approximate surface area is 123 Å². The van der Waals surface area contributed by atoms with E-state index in [1.54, 1.807) is 6.92 Å². The smallest absolute Gasteiger partial charge is 0.277 e. The van der Waals surface area contributed by atoms with Crippen molar-refractivity contribution >= 4 is 39.3 Å². The Hall–Kier alpha value is -1.34. The highest BCUT2D eigenvalue weighted by Gasteiger charge is 2.08. The van der Waals surface area contributed by atoms with Crippen LogP contribution in [0.3, 0.4) is 0 Å². The number of carbonyl (C=O) groups is 1. The lowest BCUT2D eigenvalue weighted by Gasteiger charge is -2.05. The van der Waals surface area contributed by atoms with E-state index in [0.29, 0.717) is 11.1 Å². The number of amides is 1. The van der Waals surface area contributed by atoms with Crippen molar-refractivity contribution in [3.8, 4) is 0 Å². The van der Waals surface area contributed by atoms with E-state index in [4.69, 9.17) is 4.42 Å². The first-order chi connectivity index (χ1) is 9.04. The SMILES string of the molecule is Cc1nnc(SCC(=O)Nc2ccc(C)c(Br)c2)o1. The first kappa shape index (κ1) is 14.1. The zero-order valence-corrected chi connectivity index (χ0v) is 12.8. The summed E-state index contributed by atoms with van der Waals surface area (Å²) in [5.41, 5.74) is 1.87. The molecule has 1 heterocycles. The van der Waals surface area contributed by atoms with E-state index < -0.39 is 0 Å². The fourth-order valence-electron chi connectivity index (χ4n) is 1.33. The first-order valence-corrected chi connectivity index (χ1v) is 7.31. The Morgan fingerprint density at radius 1 is 1.42 bits per heavy atom. The number of carbonyl (C=O) groups excluding carboxylic acids is 1. The zero-order chi connectivity index (χ0) is 13.8. The number of thioether (sulfide) groups is 1. The minimum Gasteiger partial charge on any atom is -0.416 e. The minimum absolute atomic E-state index is 0.114. The number of aromatic nitrogens is 2. The number of aryl methyl sites for hydroxylation is 2. The molecule has 0 aliphatic heterocycles. The quantitative estimate of drug-likeness (QED) is 0.865. The molecule has 7 heteroatoms. The van der Waals surface area contributed by atoms with Crippen LogP contribution in [0.2, 0.25) is 0 Å². The molecular weight excluding hydrogens is 330 g/mol. The van der Waals surface area contributed by atoms with Gasteiger partial charge in [0.2, 0.25) is 11.8 Å². The lowest BCUT2D eigenvalue weighted by Crippen LogP contribution is -2.14. The maximum atomic E-state index is 11.8. The number of nitrogens with one attached hydrogen (secondary N) is 1. The molecule has 100 valence electrons. The fraction of sp³-hybridized carbons (Fsp3) is 0.250. The van der Waals surface area contributed by atoms with Crippen LogP contribution < -0.4 is 5.32 Å². The van der Waals surface area contributed by atoms with Crippen LogP contribution in [0.15, 0.2) is 32.3 Å². The number of hydrogen-bond donors (Lipinski definition) is 1. The van der Waals surface area contributed by atoms with Gasteiger partial charge in [0.25, 0.3) is 5.22 Å². The second-order valence-corrected chi connectivity index (χ2v) is 5.67. The summed E-state index contributed by atoms with van der Waals surface area (Å²) in [7, 11) is 0. The zero-order valence-electron chi connectivity index (χ0n) is 10.4. The van der Waals surface area contributed by atoms with Crippen LogP contribution in [0.1, 0.15) is 11.5 Å². The molecule has 2 aromatic rings. The molecule has 0 aliphatic rings. The lowest BCUT2D eigenvalue weighted by atomic mass is 10.2. The van der Waals surface area contributed by atoms with Gasteiger partial charge in [-0.1, -0.05) is 33.8 Å². The summed E-state index contributed by atoms with van der Waals surface area (Å²) in [4.78, 5) is 11.8. The Balaban J connectivity index is 1.88. The van der Waals surface area contributed by atoms with Crippen molar-refractivity contribution in [3.63, 3.8) is 0 Å². The molecule has 0 radical (unpaired) electrons. The van der Waals surface area contributed by atoms with Crippen LogP contribution in [0, 0.1) is 13.8 Å². The van der Waals surface area contributed by atoms with Gasteiger partial charge >= 0.3 is 0 Å². The molecule has 5 nitrogen and oxygen atoms in total. The summed E-state index contributed by atoms with van der Waals surface area (Å²) in [6.45, 7) is 3.70. The molecule has 1 amide bonds. The molecule has 0 saturated carbocycles. The number of nitrogens with zero attached hydrogens (tertiary/aromatic N) is 2. The van der Waals surface area contributed by atoms with E-state index in [0.717, 1.165) is 15.7 Å². The monoisotopic (exact) mass is 341 g/mol. The van der Waals surface area contributed by atoms with Gasteiger partial charge in [-0.25, -0.2) is 0 Å². The normalized spacial score (nSPS) is 10.5. The van der Waals surface area contributed by atoms with Crippen molar-refractivity contribution in [3.05, 3.63) is 34.1 Å². The third-order valence-corrected chi connectivity index (χ3v) is 3.96. The maximum Gasteiger partial charge on any atom is 0.277 e. The van der Waals surface area contributed by atoms with Crippen LogP contribution in [-0.2, 0) is 4.79 Å². The molecular formula is C12H12BrN3O2S. The second-order valence-electron chi connectivity index (χ2n) is 3.89. The summed E-state index contributed by atoms with van der Waals surface area (Å²) < 4.78 is 6.14. The molecule has 1 N–H and O–H groups in total. The number of anilines is 1. The average molecular weight is 342 g/mol. The van der Waals surface area contributed by atoms with Gasteiger partial charge in [-0.15, -0.1) is 10.2 Å². The largest absolute Gasteiger partial charge is 0.416 e. The Morgan fingerprint density at radius 2 is 2.21 bits per heavy atom. The van der Waals surface area contributed by atoms with Crippen molar-refractivity contribution in [2.24, 2.45) is 0 Å². The summed E-state index contributed by atoms with van der Waals surface area (Å²) >= 11 is 4.64. The van der Waals surface area contributed by atoms with Gasteiger partial charge in [0.1, 0.15) is 0 Å². The molecule has 2 rings (SSSR count). The van der Waals surface area contributed by atoms with Crippen molar-refractivity contribution in [2.45, 2.75) is 19.1 Å². The van der Waals surface area contributed by atoms with Crippen LogP contribution in [0.5, 0.6) is 0 Å². The van der Waals surface area contributed by atoms with E-state index >= 15 is 0 Å². The highest BCUT2D eigenvalue weighted by Crippen LogP contribution is 2.21. The molecule has 19 heavy (non-hydrogen) atoms.